The van der Waals surface area contributed by atoms with Gasteiger partial charge in [0, 0.05) is 32.7 Å². The summed E-state index contributed by atoms with van der Waals surface area (Å²) in [6.45, 7) is 4.16. The SMILES string of the molecule is O=S(=O)(CCN1CCNCC1)Nc1cnoc1. The van der Waals surface area contributed by atoms with Crippen molar-refractivity contribution in [3.63, 3.8) is 0 Å². The Bertz CT molecular complexity index is 425. The second-order valence-electron chi connectivity index (χ2n) is 3.93. The van der Waals surface area contributed by atoms with Gasteiger partial charge in [-0.25, -0.2) is 8.42 Å². The molecule has 0 aliphatic carbocycles. The molecule has 0 atom stereocenters. The molecule has 17 heavy (non-hydrogen) atoms. The number of sulfonamides is 1. The fraction of sp³-hybridized carbons (Fsp3) is 0.667. The number of nitrogens with one attached hydrogen (secondary N) is 2. The Morgan fingerprint density at radius 2 is 2.24 bits per heavy atom. The number of hydrogen-bond donors (Lipinski definition) is 2. The molecule has 1 aliphatic heterocycles. The van der Waals surface area contributed by atoms with E-state index < -0.39 is 10.0 Å². The largest absolute Gasteiger partial charge is 0.362 e. The van der Waals surface area contributed by atoms with Gasteiger partial charge in [0.2, 0.25) is 10.0 Å². The lowest BCUT2D eigenvalue weighted by Crippen LogP contribution is -2.45. The van der Waals surface area contributed by atoms with Crippen molar-refractivity contribution in [2.45, 2.75) is 0 Å². The monoisotopic (exact) mass is 260 g/mol. The van der Waals surface area contributed by atoms with Gasteiger partial charge >= 0.3 is 0 Å². The number of anilines is 1. The second kappa shape index (κ2) is 5.48. The van der Waals surface area contributed by atoms with E-state index in [1.807, 2.05) is 0 Å². The van der Waals surface area contributed by atoms with Crippen LogP contribution in [-0.2, 0) is 10.0 Å². The highest BCUT2D eigenvalue weighted by Crippen LogP contribution is 2.07. The van der Waals surface area contributed by atoms with Gasteiger partial charge in [-0.05, 0) is 0 Å². The van der Waals surface area contributed by atoms with Crippen molar-refractivity contribution < 1.29 is 12.9 Å². The molecule has 96 valence electrons. The van der Waals surface area contributed by atoms with Crippen LogP contribution in [0.3, 0.4) is 0 Å². The van der Waals surface area contributed by atoms with Crippen molar-refractivity contribution >= 4 is 15.7 Å². The van der Waals surface area contributed by atoms with Crippen LogP contribution >= 0.6 is 0 Å². The number of nitrogens with zero attached hydrogens (tertiary/aromatic N) is 2. The Morgan fingerprint density at radius 1 is 1.47 bits per heavy atom. The highest BCUT2D eigenvalue weighted by atomic mass is 32.2. The second-order valence-corrected chi connectivity index (χ2v) is 5.77. The van der Waals surface area contributed by atoms with Gasteiger partial charge in [0.1, 0.15) is 12.0 Å². The first-order valence-corrected chi connectivity index (χ1v) is 7.14. The van der Waals surface area contributed by atoms with Crippen molar-refractivity contribution in [2.24, 2.45) is 0 Å². The Morgan fingerprint density at radius 3 is 2.88 bits per heavy atom. The molecule has 8 heteroatoms. The summed E-state index contributed by atoms with van der Waals surface area (Å²) in [6, 6.07) is 0. The van der Waals surface area contributed by atoms with Crippen LogP contribution in [0.1, 0.15) is 0 Å². The summed E-state index contributed by atoms with van der Waals surface area (Å²) in [6.07, 6.45) is 2.60. The minimum Gasteiger partial charge on any atom is -0.362 e. The summed E-state index contributed by atoms with van der Waals surface area (Å²) >= 11 is 0. The third kappa shape index (κ3) is 3.99. The van der Waals surface area contributed by atoms with Crippen LogP contribution in [0, 0.1) is 0 Å². The molecular formula is C9H16N4O3S. The summed E-state index contributed by atoms with van der Waals surface area (Å²) in [7, 11) is -3.32. The lowest BCUT2D eigenvalue weighted by Gasteiger charge is -2.26. The Labute approximate surface area is 100 Å². The molecule has 0 radical (unpaired) electrons. The lowest BCUT2D eigenvalue weighted by atomic mass is 10.4. The van der Waals surface area contributed by atoms with E-state index in [2.05, 4.69) is 24.6 Å². The zero-order valence-corrected chi connectivity index (χ0v) is 10.2. The van der Waals surface area contributed by atoms with Gasteiger partial charge in [-0.15, -0.1) is 0 Å². The van der Waals surface area contributed by atoms with Gasteiger partial charge in [-0.1, -0.05) is 5.16 Å². The lowest BCUT2D eigenvalue weighted by molar-refractivity contribution is 0.254. The van der Waals surface area contributed by atoms with Crippen LogP contribution in [0.2, 0.25) is 0 Å². The van der Waals surface area contributed by atoms with Crippen molar-refractivity contribution in [3.8, 4) is 0 Å². The molecule has 1 aliphatic rings. The van der Waals surface area contributed by atoms with Crippen LogP contribution in [-0.4, -0.2) is 57.0 Å². The third-order valence-electron chi connectivity index (χ3n) is 2.59. The van der Waals surface area contributed by atoms with Crippen LogP contribution in [0.4, 0.5) is 5.69 Å². The van der Waals surface area contributed by atoms with Crippen LogP contribution in [0.5, 0.6) is 0 Å². The summed E-state index contributed by atoms with van der Waals surface area (Å²) in [5, 5.41) is 6.66. The molecule has 1 aromatic rings. The maximum Gasteiger partial charge on any atom is 0.234 e. The van der Waals surface area contributed by atoms with E-state index in [0.29, 0.717) is 12.2 Å². The van der Waals surface area contributed by atoms with E-state index in [9.17, 15) is 8.42 Å². The van der Waals surface area contributed by atoms with Crippen molar-refractivity contribution in [2.75, 3.05) is 43.2 Å². The third-order valence-corrected chi connectivity index (χ3v) is 3.86. The number of piperazine rings is 1. The van der Waals surface area contributed by atoms with E-state index in [4.69, 9.17) is 0 Å². The molecule has 1 saturated heterocycles. The average molecular weight is 260 g/mol. The van der Waals surface area contributed by atoms with Crippen molar-refractivity contribution in [1.82, 2.24) is 15.4 Å². The van der Waals surface area contributed by atoms with E-state index in [0.717, 1.165) is 26.2 Å². The standard InChI is InChI=1S/C9H16N4O3S/c14-17(15,12-9-7-11-16-8-9)6-5-13-3-1-10-2-4-13/h7-8,10,12H,1-6H2. The molecule has 2 rings (SSSR count). The topological polar surface area (TPSA) is 87.5 Å². The van der Waals surface area contributed by atoms with E-state index in [1.54, 1.807) is 0 Å². The molecule has 1 aromatic heterocycles. The summed E-state index contributed by atoms with van der Waals surface area (Å²) in [4.78, 5) is 2.13. The Hall–Kier alpha value is -1.12. The van der Waals surface area contributed by atoms with Crippen molar-refractivity contribution in [3.05, 3.63) is 12.5 Å². The first kappa shape index (κ1) is 12.3. The zero-order valence-electron chi connectivity index (χ0n) is 9.42. The minimum atomic E-state index is -3.32. The highest BCUT2D eigenvalue weighted by Gasteiger charge is 2.15. The number of rotatable bonds is 5. The molecule has 0 spiro atoms. The molecule has 0 unspecified atom stereocenters. The van der Waals surface area contributed by atoms with Crippen LogP contribution in [0.15, 0.2) is 17.0 Å². The smallest absolute Gasteiger partial charge is 0.234 e. The number of aromatic nitrogens is 1. The quantitative estimate of drug-likeness (QED) is 0.729. The summed E-state index contributed by atoms with van der Waals surface area (Å²) in [5.74, 6) is 0.0815. The predicted molar refractivity (Wildman–Crippen MR) is 63.2 cm³/mol. The Kier molecular flexibility index (Phi) is 3.97. The molecule has 7 nitrogen and oxygen atoms in total. The van der Waals surface area contributed by atoms with Crippen LogP contribution < -0.4 is 10.0 Å². The van der Waals surface area contributed by atoms with Crippen molar-refractivity contribution in [1.29, 1.82) is 0 Å². The van der Waals surface area contributed by atoms with Gasteiger partial charge in [0.05, 0.1) is 11.9 Å². The van der Waals surface area contributed by atoms with Gasteiger partial charge in [0.15, 0.2) is 0 Å². The van der Waals surface area contributed by atoms with E-state index in [-0.39, 0.29) is 5.75 Å². The first-order chi connectivity index (χ1) is 8.16. The number of hydrogen-bond acceptors (Lipinski definition) is 6. The first-order valence-electron chi connectivity index (χ1n) is 5.49. The Balaban J connectivity index is 1.80. The van der Waals surface area contributed by atoms with Gasteiger partial charge in [0.25, 0.3) is 0 Å². The molecular weight excluding hydrogens is 244 g/mol. The van der Waals surface area contributed by atoms with Gasteiger partial charge in [-0.2, -0.15) is 0 Å². The maximum atomic E-state index is 11.7. The fourth-order valence-corrected chi connectivity index (χ4v) is 2.73. The molecule has 0 bridgehead atoms. The maximum absolute atomic E-state index is 11.7. The molecule has 0 saturated carbocycles. The molecule has 0 amide bonds. The van der Waals surface area contributed by atoms with Gasteiger partial charge < -0.3 is 9.84 Å². The normalized spacial score (nSPS) is 18.1. The summed E-state index contributed by atoms with van der Waals surface area (Å²) in [5.41, 5.74) is 0.366. The fourth-order valence-electron chi connectivity index (χ4n) is 1.67. The van der Waals surface area contributed by atoms with E-state index >= 15 is 0 Å². The highest BCUT2D eigenvalue weighted by molar-refractivity contribution is 7.92. The van der Waals surface area contributed by atoms with Crippen LogP contribution in [0.25, 0.3) is 0 Å². The molecule has 2 heterocycles. The zero-order chi connectivity index (χ0) is 12.1. The predicted octanol–water partition coefficient (Wildman–Crippen LogP) is -0.678. The molecule has 2 N–H and O–H groups in total. The van der Waals surface area contributed by atoms with E-state index in [1.165, 1.54) is 12.5 Å². The molecule has 0 aromatic carbocycles. The average Bonchev–Trinajstić information content (AvgIpc) is 2.80. The molecule has 1 fully saturated rings. The van der Waals surface area contributed by atoms with Gasteiger partial charge in [-0.3, -0.25) is 9.62 Å². The summed E-state index contributed by atoms with van der Waals surface area (Å²) < 4.78 is 30.4. The minimum absolute atomic E-state index is 0.0815.